The maximum Gasteiger partial charge on any atom is 0.416 e. The van der Waals surface area contributed by atoms with E-state index in [1.165, 1.54) is 32.6 Å². The van der Waals surface area contributed by atoms with Crippen LogP contribution in [0, 0.1) is 30.1 Å². The van der Waals surface area contributed by atoms with Gasteiger partial charge in [-0.25, -0.2) is 0 Å². The van der Waals surface area contributed by atoms with Gasteiger partial charge in [-0.15, -0.1) is 0 Å². The summed E-state index contributed by atoms with van der Waals surface area (Å²) in [7, 11) is -3.76. The van der Waals surface area contributed by atoms with Crippen molar-refractivity contribution in [2.75, 3.05) is 32.7 Å². The third kappa shape index (κ3) is 5.76. The molecule has 3 heterocycles. The van der Waals surface area contributed by atoms with Gasteiger partial charge in [0.2, 0.25) is 11.8 Å². The number of alkyl halides is 3. The van der Waals surface area contributed by atoms with E-state index >= 15 is 0 Å². The van der Waals surface area contributed by atoms with E-state index in [1.54, 1.807) is 0 Å². The molecular weight excluding hydrogens is 511 g/mol. The Morgan fingerprint density at radius 2 is 1.81 bits per heavy atom. The summed E-state index contributed by atoms with van der Waals surface area (Å²) in [5, 5.41) is 11.6. The first-order valence-corrected chi connectivity index (χ1v) is 13.7. The fourth-order valence-electron chi connectivity index (χ4n) is 5.15. The Morgan fingerprint density at radius 1 is 1.11 bits per heavy atom. The van der Waals surface area contributed by atoms with Gasteiger partial charge in [-0.2, -0.15) is 35.5 Å². The predicted octanol–water partition coefficient (Wildman–Crippen LogP) is 2.03. The van der Waals surface area contributed by atoms with Crippen molar-refractivity contribution >= 4 is 22.0 Å². The number of nitrogens with one attached hydrogen (secondary N) is 1. The largest absolute Gasteiger partial charge is 0.416 e. The summed E-state index contributed by atoms with van der Waals surface area (Å²) in [6, 6.07) is 5.19. The highest BCUT2D eigenvalue weighted by atomic mass is 32.2. The van der Waals surface area contributed by atoms with Crippen LogP contribution in [0.4, 0.5) is 13.2 Å². The van der Waals surface area contributed by atoms with Crippen LogP contribution in [0.25, 0.3) is 0 Å². The van der Waals surface area contributed by atoms with Gasteiger partial charge in [-0.05, 0) is 49.8 Å². The molecule has 1 aromatic carbocycles. The van der Waals surface area contributed by atoms with Crippen molar-refractivity contribution in [3.05, 3.63) is 34.9 Å². The minimum Gasteiger partial charge on any atom is -0.350 e. The number of aryl methyl sites for hydroxylation is 1. The Kier molecular flexibility index (Phi) is 7.83. The molecule has 0 bridgehead atoms. The van der Waals surface area contributed by atoms with Crippen LogP contribution in [-0.2, 0) is 32.5 Å². The van der Waals surface area contributed by atoms with E-state index < -0.39 is 39.8 Å². The maximum atomic E-state index is 13.3. The number of rotatable bonds is 6. The van der Waals surface area contributed by atoms with Crippen molar-refractivity contribution in [1.82, 2.24) is 18.8 Å². The van der Waals surface area contributed by atoms with Crippen molar-refractivity contribution in [2.45, 2.75) is 51.4 Å². The van der Waals surface area contributed by atoms with Gasteiger partial charge in [0.25, 0.3) is 10.2 Å². The molecule has 2 atom stereocenters. The molecule has 9 nitrogen and oxygen atoms in total. The number of amides is 2. The lowest BCUT2D eigenvalue weighted by Gasteiger charge is -2.41. The third-order valence-electron chi connectivity index (χ3n) is 7.33. The van der Waals surface area contributed by atoms with Crippen molar-refractivity contribution in [3.63, 3.8) is 0 Å². The molecule has 2 amide bonds. The molecule has 1 aromatic rings. The predicted molar refractivity (Wildman–Crippen MR) is 127 cm³/mol. The lowest BCUT2D eigenvalue weighted by atomic mass is 9.97. The van der Waals surface area contributed by atoms with Gasteiger partial charge < -0.3 is 10.2 Å². The zero-order valence-electron chi connectivity index (χ0n) is 20.5. The number of piperidine rings is 1. The van der Waals surface area contributed by atoms with Gasteiger partial charge >= 0.3 is 6.18 Å². The van der Waals surface area contributed by atoms with Crippen molar-refractivity contribution in [1.29, 1.82) is 5.26 Å². The topological polar surface area (TPSA) is 114 Å². The van der Waals surface area contributed by atoms with E-state index in [0.29, 0.717) is 44.3 Å². The molecule has 0 saturated carbocycles. The Morgan fingerprint density at radius 3 is 2.49 bits per heavy atom. The van der Waals surface area contributed by atoms with E-state index in [1.807, 2.05) is 6.07 Å². The summed E-state index contributed by atoms with van der Waals surface area (Å²) < 4.78 is 67.9. The van der Waals surface area contributed by atoms with Crippen molar-refractivity contribution < 1.29 is 31.2 Å². The monoisotopic (exact) mass is 541 g/mol. The van der Waals surface area contributed by atoms with Crippen LogP contribution in [0.3, 0.4) is 0 Å². The molecule has 4 rings (SSSR count). The number of carbonyl (C=O) groups excluding carboxylic acids is 2. The number of benzene rings is 1. The van der Waals surface area contributed by atoms with Crippen molar-refractivity contribution in [3.8, 4) is 6.07 Å². The second kappa shape index (κ2) is 10.6. The smallest absolute Gasteiger partial charge is 0.350 e. The molecule has 1 N–H and O–H groups in total. The normalized spacial score (nSPS) is 23.9. The number of hydrogen-bond acceptors (Lipinski definition) is 5. The van der Waals surface area contributed by atoms with E-state index in [-0.39, 0.29) is 43.6 Å². The van der Waals surface area contributed by atoms with Crippen LogP contribution in [0.5, 0.6) is 0 Å². The summed E-state index contributed by atoms with van der Waals surface area (Å²) in [4.78, 5) is 27.7. The van der Waals surface area contributed by atoms with Crippen LogP contribution in [0.1, 0.15) is 42.4 Å². The lowest BCUT2D eigenvalue weighted by molar-refractivity contribution is -0.142. The maximum absolute atomic E-state index is 13.3. The van der Waals surface area contributed by atoms with Gasteiger partial charge in [-0.1, -0.05) is 12.1 Å². The van der Waals surface area contributed by atoms with E-state index in [9.17, 15) is 31.2 Å². The number of nitriles is 1. The van der Waals surface area contributed by atoms with E-state index in [4.69, 9.17) is 5.26 Å². The highest BCUT2D eigenvalue weighted by molar-refractivity contribution is 7.86. The van der Waals surface area contributed by atoms with Gasteiger partial charge in [0.1, 0.15) is 6.04 Å². The molecule has 0 aromatic heterocycles. The molecule has 3 aliphatic rings. The average molecular weight is 542 g/mol. The quantitative estimate of drug-likeness (QED) is 0.592. The van der Waals surface area contributed by atoms with Crippen LogP contribution < -0.4 is 5.32 Å². The Bertz CT molecular complexity index is 1190. The Hall–Kier alpha value is -2.69. The Balaban J connectivity index is 1.37. The SMILES string of the molecule is Cc1ccc(CNC(=O)[C@H]2CCCN2C(=O)[C@H]2CCCN(S(=O)(=O)N3CC(C#N)C3)C2)cc1C(F)(F)F. The number of carbonyl (C=O) groups is 2. The molecule has 0 aliphatic carbocycles. The Labute approximate surface area is 214 Å². The zero-order valence-corrected chi connectivity index (χ0v) is 21.3. The minimum atomic E-state index is -4.49. The summed E-state index contributed by atoms with van der Waals surface area (Å²) in [5.74, 6) is -1.63. The first-order chi connectivity index (χ1) is 17.4. The third-order valence-corrected chi connectivity index (χ3v) is 9.26. The molecule has 0 unspecified atom stereocenters. The fraction of sp³-hybridized carbons (Fsp3) is 0.625. The molecule has 37 heavy (non-hydrogen) atoms. The molecule has 0 radical (unpaired) electrons. The summed E-state index contributed by atoms with van der Waals surface area (Å²) in [6.45, 7) is 2.23. The summed E-state index contributed by atoms with van der Waals surface area (Å²) in [5.41, 5.74) is -0.354. The summed E-state index contributed by atoms with van der Waals surface area (Å²) >= 11 is 0. The van der Waals surface area contributed by atoms with Crippen LogP contribution in [0.2, 0.25) is 0 Å². The van der Waals surface area contributed by atoms with E-state index in [2.05, 4.69) is 5.32 Å². The number of hydrogen-bond donors (Lipinski definition) is 1. The van der Waals surface area contributed by atoms with Crippen LogP contribution >= 0.6 is 0 Å². The second-order valence-electron chi connectivity index (χ2n) is 9.90. The highest BCUT2D eigenvalue weighted by Crippen LogP contribution is 2.33. The highest BCUT2D eigenvalue weighted by Gasteiger charge is 2.44. The molecule has 13 heteroatoms. The first-order valence-electron chi connectivity index (χ1n) is 12.3. The standard InChI is InChI=1S/C24H30F3N5O4S/c1-16-6-7-17(10-20(16)24(25,26)27)12-29-22(33)21-5-3-9-32(21)23(34)19-4-2-8-30(15-19)37(35,36)31-13-18(11-28)14-31/h6-7,10,18-19,21H,2-5,8-9,12-15H2,1H3,(H,29,33)/t19-,21+/m0/s1. The molecule has 0 spiro atoms. The number of halogens is 3. The molecule has 3 aliphatic heterocycles. The number of likely N-dealkylation sites (tertiary alicyclic amines) is 1. The van der Waals surface area contributed by atoms with Crippen molar-refractivity contribution in [2.24, 2.45) is 11.8 Å². The van der Waals surface area contributed by atoms with Gasteiger partial charge in [0.15, 0.2) is 0 Å². The van der Waals surface area contributed by atoms with Gasteiger partial charge in [0, 0.05) is 39.3 Å². The van der Waals surface area contributed by atoms with Crippen LogP contribution in [0.15, 0.2) is 18.2 Å². The van der Waals surface area contributed by atoms with Gasteiger partial charge in [-0.3, -0.25) is 9.59 Å². The summed E-state index contributed by atoms with van der Waals surface area (Å²) in [6.07, 6.45) is -2.46. The average Bonchev–Trinajstić information content (AvgIpc) is 3.31. The molecule has 3 fully saturated rings. The number of nitrogens with zero attached hydrogens (tertiary/aromatic N) is 4. The van der Waals surface area contributed by atoms with Crippen LogP contribution in [-0.4, -0.2) is 72.5 Å². The minimum absolute atomic E-state index is 0.0172. The molecular formula is C24H30F3N5O4S. The lowest BCUT2D eigenvalue weighted by Crippen LogP contribution is -2.57. The fourth-order valence-corrected chi connectivity index (χ4v) is 6.95. The van der Waals surface area contributed by atoms with E-state index in [0.717, 1.165) is 6.07 Å². The zero-order chi connectivity index (χ0) is 27.0. The molecule has 3 saturated heterocycles. The second-order valence-corrected chi connectivity index (χ2v) is 11.8. The first kappa shape index (κ1) is 27.3. The molecule has 202 valence electrons. The van der Waals surface area contributed by atoms with Gasteiger partial charge in [0.05, 0.1) is 23.5 Å².